The van der Waals surface area contributed by atoms with Gasteiger partial charge in [-0.15, -0.1) is 11.3 Å². The monoisotopic (exact) mass is 412 g/mol. The van der Waals surface area contributed by atoms with Gasteiger partial charge >= 0.3 is 5.97 Å². The lowest BCUT2D eigenvalue weighted by molar-refractivity contribution is 0.0393. The smallest absolute Gasteiger partial charge is 0.348 e. The lowest BCUT2D eigenvalue weighted by Crippen LogP contribution is -2.42. The highest BCUT2D eigenvalue weighted by Gasteiger charge is 2.27. The summed E-state index contributed by atoms with van der Waals surface area (Å²) in [5.74, 6) is 0.417. The van der Waals surface area contributed by atoms with Gasteiger partial charge in [-0.2, -0.15) is 4.98 Å². The third kappa shape index (κ3) is 4.34. The predicted molar refractivity (Wildman–Crippen MR) is 108 cm³/mol. The Morgan fingerprint density at radius 1 is 1.33 bits per heavy atom. The molecule has 0 spiro atoms. The van der Waals surface area contributed by atoms with Crippen molar-refractivity contribution in [1.29, 1.82) is 0 Å². The highest BCUT2D eigenvalue weighted by atomic mass is 35.5. The average molecular weight is 413 g/mol. The Hall–Kier alpha value is -1.48. The van der Waals surface area contributed by atoms with Crippen LogP contribution in [0.2, 0.25) is 5.28 Å². The van der Waals surface area contributed by atoms with Gasteiger partial charge in [0, 0.05) is 20.2 Å². The molecule has 9 heteroatoms. The van der Waals surface area contributed by atoms with Crippen LogP contribution in [0.4, 0.5) is 5.82 Å². The minimum Gasteiger partial charge on any atom is -0.459 e. The summed E-state index contributed by atoms with van der Waals surface area (Å²) in [6.07, 6.45) is 2.12. The Bertz CT molecular complexity index is 821. The van der Waals surface area contributed by atoms with Gasteiger partial charge in [-0.1, -0.05) is 0 Å². The number of rotatable bonds is 6. The summed E-state index contributed by atoms with van der Waals surface area (Å²) in [4.78, 5) is 27.1. The number of nitrogens with zero attached hydrogens (tertiary/aromatic N) is 4. The van der Waals surface area contributed by atoms with E-state index >= 15 is 0 Å². The molecule has 2 aromatic rings. The zero-order valence-electron chi connectivity index (χ0n) is 16.1. The molecule has 0 atom stereocenters. The number of thiophene rings is 1. The number of piperidine rings is 1. The first-order chi connectivity index (χ1) is 12.9. The van der Waals surface area contributed by atoms with Crippen LogP contribution in [0.1, 0.15) is 28.1 Å². The number of hydrogen-bond donors (Lipinski definition) is 0. The maximum atomic E-state index is 12.4. The van der Waals surface area contributed by atoms with E-state index < -0.39 is 0 Å². The standard InChI is InChI=1S/C18H25ClN4O3S/c1-11-13-15(23(3)12-5-7-22(2)8-6-12)20-18(19)21-16(13)27-14(11)17(24)26-10-9-25-4/h12H,5-10H2,1-4H3. The van der Waals surface area contributed by atoms with Gasteiger partial charge < -0.3 is 19.3 Å². The van der Waals surface area contributed by atoms with Crippen molar-refractivity contribution in [2.75, 3.05) is 52.4 Å². The molecule has 3 heterocycles. The van der Waals surface area contributed by atoms with Crippen LogP contribution in [0.15, 0.2) is 0 Å². The molecule has 0 unspecified atom stereocenters. The molecule has 0 aromatic carbocycles. The van der Waals surface area contributed by atoms with Gasteiger partial charge in [0.15, 0.2) is 0 Å². The Morgan fingerprint density at radius 3 is 2.70 bits per heavy atom. The molecule has 27 heavy (non-hydrogen) atoms. The van der Waals surface area contributed by atoms with Crippen LogP contribution >= 0.6 is 22.9 Å². The normalized spacial score (nSPS) is 16.0. The second-order valence-electron chi connectivity index (χ2n) is 6.83. The van der Waals surface area contributed by atoms with Gasteiger partial charge in [-0.25, -0.2) is 9.78 Å². The van der Waals surface area contributed by atoms with Crippen molar-refractivity contribution in [1.82, 2.24) is 14.9 Å². The van der Waals surface area contributed by atoms with Crippen LogP contribution < -0.4 is 4.90 Å². The maximum Gasteiger partial charge on any atom is 0.348 e. The number of carbonyl (C=O) groups excluding carboxylic acids is 1. The van der Waals surface area contributed by atoms with Gasteiger partial charge in [0.1, 0.15) is 22.1 Å². The number of hydrogen-bond acceptors (Lipinski definition) is 8. The number of likely N-dealkylation sites (tertiary alicyclic amines) is 1. The molecule has 148 valence electrons. The number of carbonyl (C=O) groups is 1. The van der Waals surface area contributed by atoms with Crippen molar-refractivity contribution in [3.05, 3.63) is 15.7 Å². The van der Waals surface area contributed by atoms with Crippen LogP contribution in [0.25, 0.3) is 10.2 Å². The second kappa shape index (κ2) is 8.68. The van der Waals surface area contributed by atoms with Crippen LogP contribution in [0.3, 0.4) is 0 Å². The molecular formula is C18H25ClN4O3S. The Labute approximate surface area is 168 Å². The molecule has 0 bridgehead atoms. The molecule has 1 aliphatic heterocycles. The fourth-order valence-corrected chi connectivity index (χ4v) is 4.66. The molecule has 1 saturated heterocycles. The van der Waals surface area contributed by atoms with Gasteiger partial charge in [0.2, 0.25) is 5.28 Å². The molecule has 0 aliphatic carbocycles. The van der Waals surface area contributed by atoms with Gasteiger partial charge in [-0.3, -0.25) is 0 Å². The number of aromatic nitrogens is 2. The molecule has 1 fully saturated rings. The highest BCUT2D eigenvalue weighted by molar-refractivity contribution is 7.20. The molecule has 0 saturated carbocycles. The lowest BCUT2D eigenvalue weighted by Gasteiger charge is -2.36. The number of fused-ring (bicyclic) bond motifs is 1. The summed E-state index contributed by atoms with van der Waals surface area (Å²) in [6.45, 7) is 4.60. The first-order valence-electron chi connectivity index (χ1n) is 8.96. The second-order valence-corrected chi connectivity index (χ2v) is 8.16. The van der Waals surface area contributed by atoms with E-state index in [1.807, 2.05) is 14.0 Å². The molecule has 0 radical (unpaired) electrons. The molecule has 2 aromatic heterocycles. The van der Waals surface area contributed by atoms with Gasteiger partial charge in [-0.05, 0) is 57.1 Å². The van der Waals surface area contributed by atoms with Gasteiger partial charge in [0.25, 0.3) is 0 Å². The van der Waals surface area contributed by atoms with Crippen molar-refractivity contribution < 1.29 is 14.3 Å². The topological polar surface area (TPSA) is 67.8 Å². The molecule has 1 aliphatic rings. The fourth-order valence-electron chi connectivity index (χ4n) is 3.38. The molecule has 0 N–H and O–H groups in total. The van der Waals surface area contributed by atoms with E-state index in [-0.39, 0.29) is 17.9 Å². The summed E-state index contributed by atoms with van der Waals surface area (Å²) in [6, 6.07) is 0.381. The molecular weight excluding hydrogens is 388 g/mol. The van der Waals surface area contributed by atoms with E-state index in [0.717, 1.165) is 42.7 Å². The number of anilines is 1. The molecule has 3 rings (SSSR count). The summed E-state index contributed by atoms with van der Waals surface area (Å²) in [5.41, 5.74) is 0.837. The van der Waals surface area contributed by atoms with Crippen molar-refractivity contribution >= 4 is 44.9 Å². The number of ether oxygens (including phenoxy) is 2. The Morgan fingerprint density at radius 2 is 2.04 bits per heavy atom. The van der Waals surface area contributed by atoms with E-state index in [2.05, 4.69) is 26.8 Å². The summed E-state index contributed by atoms with van der Waals surface area (Å²) in [7, 11) is 5.75. The van der Waals surface area contributed by atoms with E-state index in [1.54, 1.807) is 7.11 Å². The quantitative estimate of drug-likeness (QED) is 0.410. The number of methoxy groups -OCH3 is 1. The number of esters is 1. The summed E-state index contributed by atoms with van der Waals surface area (Å²) >= 11 is 7.49. The Balaban J connectivity index is 1.94. The van der Waals surface area contributed by atoms with Crippen LogP contribution in [-0.4, -0.2) is 74.4 Å². The highest BCUT2D eigenvalue weighted by Crippen LogP contribution is 2.37. The Kier molecular flexibility index (Phi) is 6.52. The zero-order valence-corrected chi connectivity index (χ0v) is 17.7. The van der Waals surface area contributed by atoms with Crippen LogP contribution in [0, 0.1) is 6.92 Å². The lowest BCUT2D eigenvalue weighted by atomic mass is 10.0. The maximum absolute atomic E-state index is 12.4. The minimum atomic E-state index is -0.364. The van der Waals surface area contributed by atoms with Crippen molar-refractivity contribution in [3.8, 4) is 0 Å². The minimum absolute atomic E-state index is 0.192. The van der Waals surface area contributed by atoms with Crippen molar-refractivity contribution in [3.63, 3.8) is 0 Å². The molecule has 0 amide bonds. The third-order valence-electron chi connectivity index (χ3n) is 5.02. The first kappa shape index (κ1) is 20.3. The van der Waals surface area contributed by atoms with E-state index in [1.165, 1.54) is 11.3 Å². The van der Waals surface area contributed by atoms with Crippen molar-refractivity contribution in [2.45, 2.75) is 25.8 Å². The largest absolute Gasteiger partial charge is 0.459 e. The van der Waals surface area contributed by atoms with Crippen molar-refractivity contribution in [2.24, 2.45) is 0 Å². The van der Waals surface area contributed by atoms with E-state index in [4.69, 9.17) is 21.1 Å². The number of halogens is 1. The SMILES string of the molecule is COCCOC(=O)c1sc2nc(Cl)nc(N(C)C3CCN(C)CC3)c2c1C. The zero-order chi connectivity index (χ0) is 19.6. The molecule has 7 nitrogen and oxygen atoms in total. The number of aryl methyl sites for hydroxylation is 1. The van der Waals surface area contributed by atoms with Crippen LogP contribution in [-0.2, 0) is 9.47 Å². The van der Waals surface area contributed by atoms with Crippen LogP contribution in [0.5, 0.6) is 0 Å². The van der Waals surface area contributed by atoms with Gasteiger partial charge in [0.05, 0.1) is 12.0 Å². The fraction of sp³-hybridized carbons (Fsp3) is 0.611. The summed E-state index contributed by atoms with van der Waals surface area (Å²) < 4.78 is 10.2. The van der Waals surface area contributed by atoms with E-state index in [9.17, 15) is 4.79 Å². The predicted octanol–water partition coefficient (Wildman–Crippen LogP) is 2.99. The first-order valence-corrected chi connectivity index (χ1v) is 10.2. The van der Waals surface area contributed by atoms with E-state index in [0.29, 0.717) is 22.4 Å². The third-order valence-corrected chi connectivity index (χ3v) is 6.35. The average Bonchev–Trinajstić information content (AvgIpc) is 2.97. The summed E-state index contributed by atoms with van der Waals surface area (Å²) in [5, 5.41) is 1.07.